The van der Waals surface area contributed by atoms with Crippen molar-refractivity contribution in [2.45, 2.75) is 31.9 Å². The van der Waals surface area contributed by atoms with E-state index in [0.717, 1.165) is 57.9 Å². The molecule has 1 unspecified atom stereocenters. The maximum atomic E-state index is 11.7. The van der Waals surface area contributed by atoms with Crippen molar-refractivity contribution in [2.24, 2.45) is 0 Å². The molecular weight excluding hydrogens is 292 g/mol. The first-order valence-corrected chi connectivity index (χ1v) is 8.35. The quantitative estimate of drug-likeness (QED) is 0.854. The highest BCUT2D eigenvalue weighted by Gasteiger charge is 2.41. The van der Waals surface area contributed by atoms with Crippen molar-refractivity contribution in [2.75, 3.05) is 39.9 Å². The van der Waals surface area contributed by atoms with E-state index in [-0.39, 0.29) is 11.5 Å². The van der Waals surface area contributed by atoms with Crippen molar-refractivity contribution < 1.29 is 14.3 Å². The minimum atomic E-state index is -0.193. The Morgan fingerprint density at radius 1 is 1.35 bits per heavy atom. The standard InChI is InChI=1S/C18H26N2O3/c1-15(21)20-8-4-7-18(14-20)13-19(9-10-23-18)12-16-5-3-6-17(11-16)22-2/h3,5-6,11H,4,7-10,12-14H2,1-2H3. The SMILES string of the molecule is COc1cccc(CN2CCOC3(CCCN(C(C)=O)C3)C2)c1. The number of methoxy groups -OCH3 is 1. The number of piperidine rings is 1. The zero-order chi connectivity index (χ0) is 16.3. The van der Waals surface area contributed by atoms with Crippen LogP contribution in [0.25, 0.3) is 0 Å². The number of rotatable bonds is 3. The van der Waals surface area contributed by atoms with Crippen LogP contribution in [0.5, 0.6) is 5.75 Å². The molecule has 3 rings (SSSR count). The molecule has 1 amide bonds. The fourth-order valence-electron chi connectivity index (χ4n) is 3.70. The van der Waals surface area contributed by atoms with Crippen LogP contribution in [0, 0.1) is 0 Å². The molecule has 1 spiro atoms. The van der Waals surface area contributed by atoms with E-state index >= 15 is 0 Å². The highest BCUT2D eigenvalue weighted by molar-refractivity contribution is 5.73. The zero-order valence-corrected chi connectivity index (χ0v) is 14.1. The molecule has 0 aromatic heterocycles. The average Bonchev–Trinajstić information content (AvgIpc) is 2.55. The first-order chi connectivity index (χ1) is 11.1. The zero-order valence-electron chi connectivity index (χ0n) is 14.1. The lowest BCUT2D eigenvalue weighted by Crippen LogP contribution is -2.60. The van der Waals surface area contributed by atoms with Crippen LogP contribution in [0.4, 0.5) is 0 Å². The lowest BCUT2D eigenvalue weighted by atomic mass is 9.90. The molecule has 2 saturated heterocycles. The largest absolute Gasteiger partial charge is 0.497 e. The number of hydrogen-bond acceptors (Lipinski definition) is 4. The summed E-state index contributed by atoms with van der Waals surface area (Å²) in [5.74, 6) is 1.04. The summed E-state index contributed by atoms with van der Waals surface area (Å²) in [6.07, 6.45) is 2.05. The van der Waals surface area contributed by atoms with Gasteiger partial charge >= 0.3 is 0 Å². The second kappa shape index (κ2) is 6.89. The molecule has 1 aromatic rings. The van der Waals surface area contributed by atoms with E-state index in [4.69, 9.17) is 9.47 Å². The Labute approximate surface area is 138 Å². The van der Waals surface area contributed by atoms with Crippen molar-refractivity contribution in [1.29, 1.82) is 0 Å². The number of carbonyl (C=O) groups excluding carboxylic acids is 1. The van der Waals surface area contributed by atoms with Crippen LogP contribution < -0.4 is 4.74 Å². The van der Waals surface area contributed by atoms with E-state index in [1.54, 1.807) is 14.0 Å². The maximum absolute atomic E-state index is 11.7. The number of hydrogen-bond donors (Lipinski definition) is 0. The van der Waals surface area contributed by atoms with E-state index in [0.29, 0.717) is 0 Å². The topological polar surface area (TPSA) is 42.0 Å². The van der Waals surface area contributed by atoms with Gasteiger partial charge in [-0.3, -0.25) is 9.69 Å². The molecule has 5 heteroatoms. The smallest absolute Gasteiger partial charge is 0.219 e. The number of nitrogens with zero attached hydrogens (tertiary/aromatic N) is 2. The maximum Gasteiger partial charge on any atom is 0.219 e. The number of amides is 1. The molecule has 1 atom stereocenters. The number of benzene rings is 1. The molecule has 0 saturated carbocycles. The monoisotopic (exact) mass is 318 g/mol. The van der Waals surface area contributed by atoms with Gasteiger partial charge in [0, 0.05) is 33.1 Å². The normalized spacial score (nSPS) is 25.6. The molecule has 2 heterocycles. The molecule has 1 aromatic carbocycles. The van der Waals surface area contributed by atoms with Gasteiger partial charge in [-0.15, -0.1) is 0 Å². The summed E-state index contributed by atoms with van der Waals surface area (Å²) in [5.41, 5.74) is 1.06. The van der Waals surface area contributed by atoms with Gasteiger partial charge in [-0.1, -0.05) is 12.1 Å². The Balaban J connectivity index is 1.66. The first kappa shape index (κ1) is 16.3. The van der Waals surface area contributed by atoms with Crippen LogP contribution in [0.15, 0.2) is 24.3 Å². The number of morpholine rings is 1. The third-order valence-electron chi connectivity index (χ3n) is 4.85. The Hall–Kier alpha value is -1.59. The highest BCUT2D eigenvalue weighted by atomic mass is 16.5. The van der Waals surface area contributed by atoms with Crippen LogP contribution in [0.3, 0.4) is 0 Å². The van der Waals surface area contributed by atoms with Crippen molar-refractivity contribution in [3.8, 4) is 5.75 Å². The lowest BCUT2D eigenvalue weighted by molar-refractivity contribution is -0.156. The summed E-state index contributed by atoms with van der Waals surface area (Å²) in [7, 11) is 1.70. The van der Waals surface area contributed by atoms with E-state index in [1.165, 1.54) is 5.56 Å². The van der Waals surface area contributed by atoms with Gasteiger partial charge < -0.3 is 14.4 Å². The van der Waals surface area contributed by atoms with Crippen LogP contribution in [-0.2, 0) is 16.1 Å². The van der Waals surface area contributed by atoms with Gasteiger partial charge in [0.05, 0.1) is 25.9 Å². The number of carbonyl (C=O) groups is 1. The first-order valence-electron chi connectivity index (χ1n) is 8.35. The van der Waals surface area contributed by atoms with Crippen LogP contribution >= 0.6 is 0 Å². The molecule has 2 aliphatic rings. The van der Waals surface area contributed by atoms with Gasteiger partial charge in [0.25, 0.3) is 0 Å². The van der Waals surface area contributed by atoms with Crippen molar-refractivity contribution in [3.05, 3.63) is 29.8 Å². The summed E-state index contributed by atoms with van der Waals surface area (Å²) in [6, 6.07) is 8.22. The Bertz CT molecular complexity index is 559. The molecule has 2 aliphatic heterocycles. The summed E-state index contributed by atoms with van der Waals surface area (Å²) in [4.78, 5) is 16.1. The molecule has 5 nitrogen and oxygen atoms in total. The second-order valence-corrected chi connectivity index (χ2v) is 6.64. The number of likely N-dealkylation sites (tertiary alicyclic amines) is 1. The molecule has 0 bridgehead atoms. The minimum absolute atomic E-state index is 0.151. The number of ether oxygens (including phenoxy) is 2. The third kappa shape index (κ3) is 3.85. The van der Waals surface area contributed by atoms with Crippen molar-refractivity contribution >= 4 is 5.91 Å². The molecule has 2 fully saturated rings. The fraction of sp³-hybridized carbons (Fsp3) is 0.611. The second-order valence-electron chi connectivity index (χ2n) is 6.64. The van der Waals surface area contributed by atoms with Gasteiger partial charge in [-0.05, 0) is 30.5 Å². The summed E-state index contributed by atoms with van der Waals surface area (Å²) < 4.78 is 11.4. The van der Waals surface area contributed by atoms with Gasteiger partial charge in [0.2, 0.25) is 5.91 Å². The van der Waals surface area contributed by atoms with Gasteiger partial charge in [-0.25, -0.2) is 0 Å². The molecule has 0 aliphatic carbocycles. The predicted molar refractivity (Wildman–Crippen MR) is 88.4 cm³/mol. The third-order valence-corrected chi connectivity index (χ3v) is 4.85. The Kier molecular flexibility index (Phi) is 4.87. The molecule has 126 valence electrons. The van der Waals surface area contributed by atoms with Crippen molar-refractivity contribution in [1.82, 2.24) is 9.80 Å². The fourth-order valence-corrected chi connectivity index (χ4v) is 3.70. The van der Waals surface area contributed by atoms with E-state index in [1.807, 2.05) is 17.0 Å². The van der Waals surface area contributed by atoms with Crippen LogP contribution in [-0.4, -0.2) is 61.2 Å². The van der Waals surface area contributed by atoms with Crippen molar-refractivity contribution in [3.63, 3.8) is 0 Å². The van der Waals surface area contributed by atoms with E-state index in [2.05, 4.69) is 17.0 Å². The predicted octanol–water partition coefficient (Wildman–Crippen LogP) is 1.91. The van der Waals surface area contributed by atoms with Gasteiger partial charge in [0.15, 0.2) is 0 Å². The summed E-state index contributed by atoms with van der Waals surface area (Å²) >= 11 is 0. The highest BCUT2D eigenvalue weighted by Crippen LogP contribution is 2.30. The van der Waals surface area contributed by atoms with Crippen LogP contribution in [0.1, 0.15) is 25.3 Å². The molecule has 0 N–H and O–H groups in total. The van der Waals surface area contributed by atoms with Gasteiger partial charge in [0.1, 0.15) is 5.75 Å². The summed E-state index contributed by atoms with van der Waals surface area (Å²) in [6.45, 7) is 6.66. The Morgan fingerprint density at radius 2 is 2.22 bits per heavy atom. The van der Waals surface area contributed by atoms with E-state index < -0.39 is 0 Å². The minimum Gasteiger partial charge on any atom is -0.497 e. The van der Waals surface area contributed by atoms with Crippen LogP contribution in [0.2, 0.25) is 0 Å². The van der Waals surface area contributed by atoms with Gasteiger partial charge in [-0.2, -0.15) is 0 Å². The summed E-state index contributed by atoms with van der Waals surface area (Å²) in [5, 5.41) is 0. The molecule has 0 radical (unpaired) electrons. The average molecular weight is 318 g/mol. The molecule has 23 heavy (non-hydrogen) atoms. The van der Waals surface area contributed by atoms with E-state index in [9.17, 15) is 4.79 Å². The molecular formula is C18H26N2O3. The Morgan fingerprint density at radius 3 is 3.00 bits per heavy atom. The lowest BCUT2D eigenvalue weighted by Gasteiger charge is -2.48.